The molecule has 2 aromatic carbocycles. The van der Waals surface area contributed by atoms with E-state index >= 15 is 0 Å². The van der Waals surface area contributed by atoms with Gasteiger partial charge >= 0.3 is 0 Å². The van der Waals surface area contributed by atoms with E-state index in [9.17, 15) is 13.2 Å². The highest BCUT2D eigenvalue weighted by Gasteiger charge is 2.18. The summed E-state index contributed by atoms with van der Waals surface area (Å²) in [6.07, 6.45) is 0. The molecule has 6 nitrogen and oxygen atoms in total. The molecular formula is C20H25N3O3S. The summed E-state index contributed by atoms with van der Waals surface area (Å²) in [4.78, 5) is 17.1. The number of anilines is 1. The average molecular weight is 388 g/mol. The smallest absolute Gasteiger partial charge is 0.261 e. The van der Waals surface area contributed by atoms with Crippen LogP contribution in [-0.4, -0.2) is 63.8 Å². The van der Waals surface area contributed by atoms with Gasteiger partial charge < -0.3 is 4.90 Å². The lowest BCUT2D eigenvalue weighted by Crippen LogP contribution is -2.46. The van der Waals surface area contributed by atoms with Crippen molar-refractivity contribution in [2.75, 3.05) is 44.5 Å². The van der Waals surface area contributed by atoms with Crippen molar-refractivity contribution in [3.05, 3.63) is 59.7 Å². The second-order valence-electron chi connectivity index (χ2n) is 7.00. The summed E-state index contributed by atoms with van der Waals surface area (Å²) in [7, 11) is -1.57. The van der Waals surface area contributed by atoms with E-state index in [1.165, 1.54) is 0 Å². The summed E-state index contributed by atoms with van der Waals surface area (Å²) in [5, 5.41) is 0. The molecule has 0 atom stereocenters. The minimum absolute atomic E-state index is 0.0487. The van der Waals surface area contributed by atoms with Crippen molar-refractivity contribution in [1.29, 1.82) is 0 Å². The number of nitrogens with zero attached hydrogens (tertiary/aromatic N) is 2. The van der Waals surface area contributed by atoms with Gasteiger partial charge in [-0.2, -0.15) is 0 Å². The second kappa shape index (κ2) is 8.21. The van der Waals surface area contributed by atoms with Crippen LogP contribution in [0.15, 0.2) is 53.4 Å². The van der Waals surface area contributed by atoms with Gasteiger partial charge in [0, 0.05) is 37.4 Å². The van der Waals surface area contributed by atoms with Gasteiger partial charge in [0.25, 0.3) is 10.0 Å². The summed E-state index contributed by atoms with van der Waals surface area (Å²) in [6.45, 7) is 5.94. The Morgan fingerprint density at radius 1 is 1.04 bits per heavy atom. The molecule has 3 rings (SSSR count). The number of aryl methyl sites for hydroxylation is 1. The molecule has 0 saturated carbocycles. The summed E-state index contributed by atoms with van der Waals surface area (Å²) < 4.78 is 27.5. The second-order valence-corrected chi connectivity index (χ2v) is 8.68. The number of nitrogens with one attached hydrogen (secondary N) is 1. The Balaban J connectivity index is 1.64. The Kier molecular flexibility index (Phi) is 5.94. The predicted molar refractivity (Wildman–Crippen MR) is 107 cm³/mol. The highest BCUT2D eigenvalue weighted by molar-refractivity contribution is 7.92. The maximum absolute atomic E-state index is 12.5. The number of hydrogen-bond donors (Lipinski definition) is 1. The molecule has 7 heteroatoms. The molecule has 0 radical (unpaired) electrons. The molecule has 144 valence electrons. The van der Waals surface area contributed by atoms with Crippen molar-refractivity contribution in [2.24, 2.45) is 0 Å². The van der Waals surface area contributed by atoms with Crippen LogP contribution in [0.5, 0.6) is 0 Å². The lowest BCUT2D eigenvalue weighted by atomic mass is 10.1. The van der Waals surface area contributed by atoms with E-state index in [0.29, 0.717) is 17.8 Å². The first-order valence-electron chi connectivity index (χ1n) is 8.97. The monoisotopic (exact) mass is 387 g/mol. The molecule has 0 amide bonds. The molecule has 0 bridgehead atoms. The van der Waals surface area contributed by atoms with Gasteiger partial charge in [-0.3, -0.25) is 14.4 Å². The van der Waals surface area contributed by atoms with Crippen LogP contribution in [0.4, 0.5) is 5.69 Å². The molecule has 1 aliphatic heterocycles. The Labute approximate surface area is 160 Å². The largest absolute Gasteiger partial charge is 0.304 e. The van der Waals surface area contributed by atoms with Crippen molar-refractivity contribution >= 4 is 21.5 Å². The summed E-state index contributed by atoms with van der Waals surface area (Å²) >= 11 is 0. The van der Waals surface area contributed by atoms with Crippen LogP contribution in [0.25, 0.3) is 0 Å². The standard InChI is InChI=1S/C20H25N3O3S/c1-16-4-3-5-19(14-16)27(25,26)21-18-8-6-17(7-9-18)20(24)15-23-12-10-22(2)11-13-23/h3-9,14,21H,10-13,15H2,1-2H3. The molecule has 0 aliphatic carbocycles. The molecule has 1 aliphatic rings. The zero-order valence-electron chi connectivity index (χ0n) is 15.7. The third-order valence-electron chi connectivity index (χ3n) is 4.72. The minimum atomic E-state index is -3.64. The van der Waals surface area contributed by atoms with Gasteiger partial charge in [0.15, 0.2) is 5.78 Å². The molecule has 27 heavy (non-hydrogen) atoms. The molecule has 1 N–H and O–H groups in total. The van der Waals surface area contributed by atoms with Crippen LogP contribution in [0.1, 0.15) is 15.9 Å². The van der Waals surface area contributed by atoms with Gasteiger partial charge in [-0.25, -0.2) is 8.42 Å². The van der Waals surface area contributed by atoms with Crippen LogP contribution in [-0.2, 0) is 10.0 Å². The Hall–Kier alpha value is -2.22. The average Bonchev–Trinajstić information content (AvgIpc) is 2.64. The van der Waals surface area contributed by atoms with Crippen LogP contribution in [0.3, 0.4) is 0 Å². The van der Waals surface area contributed by atoms with Gasteiger partial charge in [-0.15, -0.1) is 0 Å². The van der Waals surface area contributed by atoms with Gasteiger partial charge in [-0.1, -0.05) is 12.1 Å². The Morgan fingerprint density at radius 3 is 2.33 bits per heavy atom. The zero-order valence-corrected chi connectivity index (χ0v) is 16.5. The maximum atomic E-state index is 12.5. The van der Waals surface area contributed by atoms with E-state index in [0.717, 1.165) is 31.7 Å². The number of rotatable bonds is 6. The Morgan fingerprint density at radius 2 is 1.70 bits per heavy atom. The van der Waals surface area contributed by atoms with E-state index in [-0.39, 0.29) is 10.7 Å². The van der Waals surface area contributed by atoms with Crippen LogP contribution in [0, 0.1) is 6.92 Å². The van der Waals surface area contributed by atoms with Gasteiger partial charge in [0.2, 0.25) is 0 Å². The van der Waals surface area contributed by atoms with Crippen LogP contribution in [0.2, 0.25) is 0 Å². The SMILES string of the molecule is Cc1cccc(S(=O)(=O)Nc2ccc(C(=O)CN3CCN(C)CC3)cc2)c1. The normalized spacial score (nSPS) is 16.2. The van der Waals surface area contributed by atoms with E-state index in [1.54, 1.807) is 42.5 Å². The summed E-state index contributed by atoms with van der Waals surface area (Å²) in [6, 6.07) is 13.3. The fourth-order valence-electron chi connectivity index (χ4n) is 3.02. The fourth-order valence-corrected chi connectivity index (χ4v) is 4.18. The third kappa shape index (κ3) is 5.15. The van der Waals surface area contributed by atoms with E-state index in [2.05, 4.69) is 21.6 Å². The first kappa shape index (κ1) is 19.5. The van der Waals surface area contributed by atoms with Gasteiger partial charge in [0.05, 0.1) is 11.4 Å². The first-order valence-corrected chi connectivity index (χ1v) is 10.5. The molecule has 2 aromatic rings. The number of sulfonamides is 1. The van der Waals surface area contributed by atoms with Crippen molar-refractivity contribution in [3.8, 4) is 0 Å². The van der Waals surface area contributed by atoms with E-state index in [1.807, 2.05) is 13.0 Å². The number of Topliss-reactive ketones (excluding diaryl/α,β-unsaturated/α-hetero) is 1. The quantitative estimate of drug-likeness (QED) is 0.770. The number of likely N-dealkylation sites (N-methyl/N-ethyl adjacent to an activating group) is 1. The van der Waals surface area contributed by atoms with Crippen molar-refractivity contribution in [1.82, 2.24) is 9.80 Å². The number of carbonyl (C=O) groups excluding carboxylic acids is 1. The molecule has 1 saturated heterocycles. The van der Waals surface area contributed by atoms with E-state index in [4.69, 9.17) is 0 Å². The number of carbonyl (C=O) groups is 1. The highest BCUT2D eigenvalue weighted by atomic mass is 32.2. The van der Waals surface area contributed by atoms with Crippen LogP contribution >= 0.6 is 0 Å². The number of ketones is 1. The molecule has 0 unspecified atom stereocenters. The van der Waals surface area contributed by atoms with Crippen molar-refractivity contribution in [2.45, 2.75) is 11.8 Å². The maximum Gasteiger partial charge on any atom is 0.261 e. The van der Waals surface area contributed by atoms with Gasteiger partial charge in [0.1, 0.15) is 0 Å². The summed E-state index contributed by atoms with van der Waals surface area (Å²) in [5.74, 6) is 0.0487. The fraction of sp³-hybridized carbons (Fsp3) is 0.350. The number of benzene rings is 2. The highest BCUT2D eigenvalue weighted by Crippen LogP contribution is 2.18. The zero-order chi connectivity index (χ0) is 19.4. The lowest BCUT2D eigenvalue weighted by molar-refractivity contribution is 0.0876. The molecule has 0 spiro atoms. The topological polar surface area (TPSA) is 69.7 Å². The minimum Gasteiger partial charge on any atom is -0.304 e. The van der Waals surface area contributed by atoms with E-state index < -0.39 is 10.0 Å². The van der Waals surface area contributed by atoms with Gasteiger partial charge in [-0.05, 0) is 55.9 Å². The number of hydrogen-bond acceptors (Lipinski definition) is 5. The predicted octanol–water partition coefficient (Wildman–Crippen LogP) is 2.23. The molecule has 0 aromatic heterocycles. The van der Waals surface area contributed by atoms with Crippen molar-refractivity contribution < 1.29 is 13.2 Å². The Bertz CT molecular complexity index is 902. The molecular weight excluding hydrogens is 362 g/mol. The third-order valence-corrected chi connectivity index (χ3v) is 6.10. The van der Waals surface area contributed by atoms with Crippen molar-refractivity contribution in [3.63, 3.8) is 0 Å². The van der Waals surface area contributed by atoms with Crippen LogP contribution < -0.4 is 4.72 Å². The molecule has 1 heterocycles. The first-order chi connectivity index (χ1) is 12.8. The molecule has 1 fully saturated rings. The summed E-state index contributed by atoms with van der Waals surface area (Å²) in [5.41, 5.74) is 1.91. The number of piperazine rings is 1. The lowest BCUT2D eigenvalue weighted by Gasteiger charge is -2.31.